The SMILES string of the molecule is CC/C=C\C/C=C\C/C=C\C/C=C\C/C=C\C/C=C\CCCCCCC(=O)OCC(COP(=O)(O)OCC(O)COP(=O)(O)OCC(O)COC(=O)CCCCCCCCCCCCCCC/C=C\C/C=C\C/C=C\C/C=C\CCCCC)OC(=O)CCCCCCC/C=C\CCCCCCCC. The van der Waals surface area contributed by atoms with Crippen LogP contribution in [0.15, 0.2) is 134 Å². The first kappa shape index (κ1) is 98.7. The second kappa shape index (κ2) is 77.3. The molecule has 0 rings (SSSR count). The number of hydrogen-bond donors (Lipinski definition) is 4. The number of phosphoric acid groups is 2. The molecule has 0 aliphatic carbocycles. The minimum atomic E-state index is -4.94. The molecule has 0 aromatic rings. The summed E-state index contributed by atoms with van der Waals surface area (Å²) in [7, 11) is -9.80. The number of aliphatic hydroxyl groups excluding tert-OH is 2. The first-order valence-corrected chi connectivity index (χ1v) is 43.5. The van der Waals surface area contributed by atoms with Crippen LogP contribution in [-0.2, 0) is 55.8 Å². The third-order valence-electron chi connectivity index (χ3n) is 16.8. The molecule has 5 atom stereocenters. The van der Waals surface area contributed by atoms with Crippen molar-refractivity contribution in [2.45, 2.75) is 347 Å². The van der Waals surface area contributed by atoms with E-state index in [1.165, 1.54) is 122 Å². The number of phosphoric ester groups is 2. The van der Waals surface area contributed by atoms with Crippen molar-refractivity contribution in [1.29, 1.82) is 0 Å². The smallest absolute Gasteiger partial charge is 0.463 e. The van der Waals surface area contributed by atoms with Gasteiger partial charge < -0.3 is 34.2 Å². The standard InChI is InChI=1S/C85H146O16P2/c1-4-7-10-13-16-19-22-25-28-30-32-34-36-37-38-39-40-41-43-45-46-48-51-53-56-59-62-65-68-71-83(88)95-74-80(86)75-97-102(91,92)98-76-81(87)77-99-103(93,94)100-79-82(101-85(90)73-70-67-64-61-58-55-50-27-24-21-18-15-12-9-6-3)78-96-84(89)72-69-66-63-60-57-54-52-49-47-44-42-35-33-31-29-26-23-20-17-14-11-8-5-2/h8,11,16-17,19-20,25-29,32-35,37-38,44,47,50,52,54,80-82,86-87H,4-7,9-10,12-15,18,21-24,30-31,36,39-43,45-46,48-49,51,53,55-79H2,1-3H3,(H,91,92)(H,93,94)/b11-8-,19-16-,20-17-,28-25-,29-26-,34-32-,35-33-,38-37-,47-44-,50-27-,54-52-. The third-order valence-corrected chi connectivity index (χ3v) is 18.7. The Kier molecular flexibility index (Phi) is 74.1. The Bertz CT molecular complexity index is 2410. The molecule has 0 aromatic carbocycles. The topological polar surface area (TPSA) is 231 Å². The Balaban J connectivity index is 4.56. The fourth-order valence-electron chi connectivity index (χ4n) is 10.7. The van der Waals surface area contributed by atoms with Crippen LogP contribution in [-0.4, -0.2) is 95.9 Å². The van der Waals surface area contributed by atoms with Gasteiger partial charge in [-0.3, -0.25) is 32.5 Å². The number of hydrogen-bond acceptors (Lipinski definition) is 14. The number of carbonyl (C=O) groups is 3. The summed E-state index contributed by atoms with van der Waals surface area (Å²) in [5.74, 6) is -1.61. The van der Waals surface area contributed by atoms with Gasteiger partial charge in [0.2, 0.25) is 0 Å². The minimum absolute atomic E-state index is 0.0860. The van der Waals surface area contributed by atoms with E-state index in [0.717, 1.165) is 148 Å². The predicted molar refractivity (Wildman–Crippen MR) is 426 cm³/mol. The van der Waals surface area contributed by atoms with E-state index in [1.807, 2.05) is 0 Å². The fraction of sp³-hybridized carbons (Fsp3) is 0.706. The van der Waals surface area contributed by atoms with Crippen molar-refractivity contribution in [3.8, 4) is 0 Å². The zero-order chi connectivity index (χ0) is 75.2. The Hall–Kier alpha value is -4.31. The lowest BCUT2D eigenvalue weighted by Crippen LogP contribution is -2.30. The Morgan fingerprint density at radius 3 is 0.845 bits per heavy atom. The normalized spacial score (nSPS) is 14.7. The molecule has 4 N–H and O–H groups in total. The first-order valence-electron chi connectivity index (χ1n) is 40.5. The van der Waals surface area contributed by atoms with E-state index in [4.69, 9.17) is 32.3 Å². The van der Waals surface area contributed by atoms with Gasteiger partial charge in [0.1, 0.15) is 25.4 Å². The first-order chi connectivity index (χ1) is 50.2. The maximum absolute atomic E-state index is 13.0. The van der Waals surface area contributed by atoms with Crippen molar-refractivity contribution in [1.82, 2.24) is 0 Å². The molecule has 0 fully saturated rings. The van der Waals surface area contributed by atoms with E-state index in [0.29, 0.717) is 19.3 Å². The van der Waals surface area contributed by atoms with Crippen molar-refractivity contribution < 1.29 is 75.8 Å². The van der Waals surface area contributed by atoms with E-state index >= 15 is 0 Å². The monoisotopic (exact) mass is 1490 g/mol. The molecule has 0 saturated carbocycles. The minimum Gasteiger partial charge on any atom is -0.463 e. The number of carbonyl (C=O) groups excluding carboxylic acids is 3. The fourth-order valence-corrected chi connectivity index (χ4v) is 12.3. The molecule has 0 aliphatic rings. The van der Waals surface area contributed by atoms with E-state index < -0.39 is 91.5 Å². The van der Waals surface area contributed by atoms with Crippen LogP contribution < -0.4 is 0 Å². The van der Waals surface area contributed by atoms with Gasteiger partial charge in [-0.05, 0) is 141 Å². The van der Waals surface area contributed by atoms with Crippen molar-refractivity contribution in [3.63, 3.8) is 0 Å². The quantitative estimate of drug-likeness (QED) is 0.0146. The summed E-state index contributed by atoms with van der Waals surface area (Å²) in [6, 6.07) is 0. The molecular formula is C85H146O16P2. The summed E-state index contributed by atoms with van der Waals surface area (Å²) in [6.07, 6.45) is 93.5. The molecule has 103 heavy (non-hydrogen) atoms. The second-order valence-electron chi connectivity index (χ2n) is 26.8. The molecular weight excluding hydrogens is 1340 g/mol. The highest BCUT2D eigenvalue weighted by atomic mass is 31.2. The van der Waals surface area contributed by atoms with Gasteiger partial charge in [0.05, 0.1) is 26.4 Å². The van der Waals surface area contributed by atoms with Crippen LogP contribution in [0.25, 0.3) is 0 Å². The summed E-state index contributed by atoms with van der Waals surface area (Å²) in [5.41, 5.74) is 0. The molecule has 0 bridgehead atoms. The Morgan fingerprint density at radius 1 is 0.282 bits per heavy atom. The van der Waals surface area contributed by atoms with Crippen LogP contribution in [0.4, 0.5) is 0 Å². The largest absolute Gasteiger partial charge is 0.472 e. The van der Waals surface area contributed by atoms with Gasteiger partial charge in [-0.1, -0.05) is 302 Å². The summed E-state index contributed by atoms with van der Waals surface area (Å²) in [5, 5.41) is 20.6. The van der Waals surface area contributed by atoms with Gasteiger partial charge in [0.15, 0.2) is 6.10 Å². The summed E-state index contributed by atoms with van der Waals surface area (Å²) in [6.45, 7) is 2.51. The van der Waals surface area contributed by atoms with Crippen molar-refractivity contribution >= 4 is 33.6 Å². The molecule has 0 aromatic heterocycles. The second-order valence-corrected chi connectivity index (χ2v) is 29.7. The third kappa shape index (κ3) is 78.6. The van der Waals surface area contributed by atoms with Crippen LogP contribution in [0.3, 0.4) is 0 Å². The molecule has 0 heterocycles. The Morgan fingerprint density at radius 2 is 0.515 bits per heavy atom. The average molecular weight is 1490 g/mol. The van der Waals surface area contributed by atoms with Gasteiger partial charge in [-0.2, -0.15) is 0 Å². The zero-order valence-electron chi connectivity index (χ0n) is 64.7. The molecule has 0 aliphatic heterocycles. The molecule has 18 heteroatoms. The van der Waals surface area contributed by atoms with Crippen LogP contribution in [0.1, 0.15) is 329 Å². The lowest BCUT2D eigenvalue weighted by atomic mass is 10.0. The van der Waals surface area contributed by atoms with E-state index in [-0.39, 0.29) is 19.3 Å². The number of rotatable bonds is 76. The lowest BCUT2D eigenvalue weighted by Gasteiger charge is -2.21. The highest BCUT2D eigenvalue weighted by Crippen LogP contribution is 2.45. The van der Waals surface area contributed by atoms with E-state index in [2.05, 4.69) is 154 Å². The average Bonchev–Trinajstić information content (AvgIpc) is 0.917. The van der Waals surface area contributed by atoms with Crippen molar-refractivity contribution in [3.05, 3.63) is 134 Å². The van der Waals surface area contributed by atoms with Crippen molar-refractivity contribution in [2.24, 2.45) is 0 Å². The van der Waals surface area contributed by atoms with Crippen molar-refractivity contribution in [2.75, 3.05) is 39.6 Å². The van der Waals surface area contributed by atoms with Crippen LogP contribution >= 0.6 is 15.6 Å². The number of aliphatic hydroxyl groups is 2. The number of unbranched alkanes of at least 4 members (excludes halogenated alkanes) is 31. The van der Waals surface area contributed by atoms with E-state index in [1.54, 1.807) is 0 Å². The predicted octanol–water partition coefficient (Wildman–Crippen LogP) is 23.9. The molecule has 5 unspecified atom stereocenters. The van der Waals surface area contributed by atoms with E-state index in [9.17, 15) is 43.5 Å². The molecule has 0 amide bonds. The van der Waals surface area contributed by atoms with Gasteiger partial charge in [-0.15, -0.1) is 0 Å². The maximum Gasteiger partial charge on any atom is 0.472 e. The summed E-state index contributed by atoms with van der Waals surface area (Å²) in [4.78, 5) is 58.7. The van der Waals surface area contributed by atoms with Crippen LogP contribution in [0.5, 0.6) is 0 Å². The number of esters is 3. The lowest BCUT2D eigenvalue weighted by molar-refractivity contribution is -0.161. The zero-order valence-corrected chi connectivity index (χ0v) is 66.5. The highest BCUT2D eigenvalue weighted by molar-refractivity contribution is 7.47. The molecule has 592 valence electrons. The molecule has 16 nitrogen and oxygen atoms in total. The summed E-state index contributed by atoms with van der Waals surface area (Å²) >= 11 is 0. The summed E-state index contributed by atoms with van der Waals surface area (Å²) < 4.78 is 61.2. The van der Waals surface area contributed by atoms with Crippen LogP contribution in [0, 0.1) is 0 Å². The van der Waals surface area contributed by atoms with Gasteiger partial charge in [0, 0.05) is 19.3 Å². The van der Waals surface area contributed by atoms with Gasteiger partial charge in [0.25, 0.3) is 0 Å². The van der Waals surface area contributed by atoms with Gasteiger partial charge >= 0.3 is 33.6 Å². The molecule has 0 saturated heterocycles. The van der Waals surface area contributed by atoms with Gasteiger partial charge in [-0.25, -0.2) is 9.13 Å². The molecule has 0 spiro atoms. The molecule has 0 radical (unpaired) electrons. The number of ether oxygens (including phenoxy) is 3. The van der Waals surface area contributed by atoms with Crippen LogP contribution in [0.2, 0.25) is 0 Å². The number of allylic oxidation sites excluding steroid dienone is 22. The Labute approximate surface area is 626 Å². The maximum atomic E-state index is 13.0. The highest BCUT2D eigenvalue weighted by Gasteiger charge is 2.29.